The number of rotatable bonds is 8. The number of hydrogen-bond acceptors (Lipinski definition) is 4. The molecule has 96 valence electrons. The van der Waals surface area contributed by atoms with Gasteiger partial charge < -0.3 is 9.84 Å². The first-order chi connectivity index (χ1) is 8.29. The van der Waals surface area contributed by atoms with Crippen LogP contribution in [0.15, 0.2) is 10.6 Å². The first-order valence-corrected chi connectivity index (χ1v) is 6.64. The normalized spacial score (nSPS) is 15.7. The first kappa shape index (κ1) is 12.6. The Hall–Kier alpha value is -0.870. The van der Waals surface area contributed by atoms with Crippen molar-refractivity contribution in [3.63, 3.8) is 0 Å². The van der Waals surface area contributed by atoms with Gasteiger partial charge in [0, 0.05) is 31.6 Å². The van der Waals surface area contributed by atoms with E-state index in [9.17, 15) is 0 Å². The van der Waals surface area contributed by atoms with Gasteiger partial charge in [0.1, 0.15) is 5.76 Å². The molecule has 2 rings (SSSR count). The van der Waals surface area contributed by atoms with Crippen LogP contribution < -0.4 is 5.32 Å². The van der Waals surface area contributed by atoms with Crippen LogP contribution in [0.4, 0.5) is 0 Å². The lowest BCUT2D eigenvalue weighted by molar-refractivity contribution is 0.306. The molecule has 0 radical (unpaired) electrons. The Morgan fingerprint density at radius 2 is 2.29 bits per heavy atom. The van der Waals surface area contributed by atoms with E-state index in [1.807, 2.05) is 0 Å². The van der Waals surface area contributed by atoms with Crippen LogP contribution in [-0.2, 0) is 6.54 Å². The molecule has 0 unspecified atom stereocenters. The molecule has 0 aromatic carbocycles. The summed E-state index contributed by atoms with van der Waals surface area (Å²) in [5, 5.41) is 7.52. The summed E-state index contributed by atoms with van der Waals surface area (Å²) in [5.41, 5.74) is 1.06. The second-order valence-corrected chi connectivity index (χ2v) is 4.98. The van der Waals surface area contributed by atoms with Gasteiger partial charge >= 0.3 is 0 Å². The van der Waals surface area contributed by atoms with Crippen molar-refractivity contribution in [3.05, 3.63) is 17.5 Å². The Labute approximate surface area is 103 Å². The highest BCUT2D eigenvalue weighted by atomic mass is 16.5. The highest BCUT2D eigenvalue weighted by Crippen LogP contribution is 2.40. The molecule has 0 aliphatic heterocycles. The molecule has 1 saturated carbocycles. The van der Waals surface area contributed by atoms with Crippen molar-refractivity contribution in [2.45, 2.75) is 38.6 Å². The predicted octanol–water partition coefficient (Wildman–Crippen LogP) is 1.98. The number of nitrogens with zero attached hydrogens (tertiary/aromatic N) is 2. The second kappa shape index (κ2) is 6.17. The van der Waals surface area contributed by atoms with E-state index in [0.717, 1.165) is 37.6 Å². The van der Waals surface area contributed by atoms with E-state index in [0.29, 0.717) is 5.92 Å². The van der Waals surface area contributed by atoms with E-state index >= 15 is 0 Å². The molecule has 0 bridgehead atoms. The number of likely N-dealkylation sites (N-methyl/N-ethyl adjacent to an activating group) is 1. The molecule has 1 aliphatic carbocycles. The molecule has 17 heavy (non-hydrogen) atoms. The molecule has 1 fully saturated rings. The van der Waals surface area contributed by atoms with Crippen molar-refractivity contribution in [3.8, 4) is 0 Å². The monoisotopic (exact) mass is 237 g/mol. The maximum atomic E-state index is 5.34. The lowest BCUT2D eigenvalue weighted by atomic mass is 10.3. The summed E-state index contributed by atoms with van der Waals surface area (Å²) in [5.74, 6) is 1.74. The maximum Gasteiger partial charge on any atom is 0.140 e. The molecular weight excluding hydrogens is 214 g/mol. The molecule has 4 heteroatoms. The summed E-state index contributed by atoms with van der Waals surface area (Å²) >= 11 is 0. The van der Waals surface area contributed by atoms with Crippen LogP contribution in [0, 0.1) is 0 Å². The lowest BCUT2D eigenvalue weighted by Crippen LogP contribution is -2.29. The summed E-state index contributed by atoms with van der Waals surface area (Å²) in [6.07, 6.45) is 3.73. The largest absolute Gasteiger partial charge is 0.361 e. The molecule has 0 saturated heterocycles. The summed E-state index contributed by atoms with van der Waals surface area (Å²) in [6, 6.07) is 2.12. The van der Waals surface area contributed by atoms with Gasteiger partial charge in [0.2, 0.25) is 0 Å². The summed E-state index contributed by atoms with van der Waals surface area (Å²) in [6.45, 7) is 6.25. The van der Waals surface area contributed by atoms with Gasteiger partial charge in [0.05, 0.1) is 5.69 Å². The van der Waals surface area contributed by atoms with E-state index in [4.69, 9.17) is 4.52 Å². The highest BCUT2D eigenvalue weighted by Gasteiger charge is 2.27. The number of aromatic nitrogens is 1. The molecule has 1 aromatic heterocycles. The minimum absolute atomic E-state index is 0.660. The van der Waals surface area contributed by atoms with E-state index in [1.54, 1.807) is 0 Å². The minimum atomic E-state index is 0.660. The molecule has 0 spiro atoms. The lowest BCUT2D eigenvalue weighted by Gasteiger charge is -2.14. The minimum Gasteiger partial charge on any atom is -0.361 e. The smallest absolute Gasteiger partial charge is 0.140 e. The van der Waals surface area contributed by atoms with Gasteiger partial charge in [0.25, 0.3) is 0 Å². The fourth-order valence-corrected chi connectivity index (χ4v) is 1.89. The van der Waals surface area contributed by atoms with Gasteiger partial charge in [-0.3, -0.25) is 4.90 Å². The average Bonchev–Trinajstić information content (AvgIpc) is 3.07. The second-order valence-electron chi connectivity index (χ2n) is 4.98. The Morgan fingerprint density at radius 1 is 1.47 bits per heavy atom. The third kappa shape index (κ3) is 4.13. The van der Waals surface area contributed by atoms with Gasteiger partial charge in [-0.05, 0) is 32.9 Å². The van der Waals surface area contributed by atoms with Crippen LogP contribution in [0.1, 0.15) is 43.6 Å². The zero-order valence-corrected chi connectivity index (χ0v) is 10.9. The molecule has 4 nitrogen and oxygen atoms in total. The van der Waals surface area contributed by atoms with Crippen LogP contribution in [0.2, 0.25) is 0 Å². The van der Waals surface area contributed by atoms with Crippen LogP contribution in [0.25, 0.3) is 0 Å². The van der Waals surface area contributed by atoms with E-state index in [1.165, 1.54) is 19.3 Å². The topological polar surface area (TPSA) is 41.3 Å². The maximum absolute atomic E-state index is 5.34. The van der Waals surface area contributed by atoms with Gasteiger partial charge in [0.15, 0.2) is 0 Å². The third-order valence-corrected chi connectivity index (χ3v) is 3.09. The average molecular weight is 237 g/mol. The van der Waals surface area contributed by atoms with Crippen molar-refractivity contribution in [1.29, 1.82) is 0 Å². The molecule has 1 N–H and O–H groups in total. The van der Waals surface area contributed by atoms with Crippen molar-refractivity contribution < 1.29 is 4.52 Å². The molecule has 0 atom stereocenters. The summed E-state index contributed by atoms with van der Waals surface area (Å²) in [4.78, 5) is 2.27. The van der Waals surface area contributed by atoms with Gasteiger partial charge in [-0.15, -0.1) is 0 Å². The molecule has 0 amide bonds. The quantitative estimate of drug-likeness (QED) is 0.702. The van der Waals surface area contributed by atoms with Crippen LogP contribution in [0.5, 0.6) is 0 Å². The zero-order chi connectivity index (χ0) is 12.1. The van der Waals surface area contributed by atoms with E-state index in [2.05, 4.69) is 35.4 Å². The number of hydrogen-bond donors (Lipinski definition) is 1. The van der Waals surface area contributed by atoms with Crippen LogP contribution >= 0.6 is 0 Å². The van der Waals surface area contributed by atoms with E-state index in [-0.39, 0.29) is 0 Å². The summed E-state index contributed by atoms with van der Waals surface area (Å²) in [7, 11) is 2.12. The van der Waals surface area contributed by atoms with E-state index < -0.39 is 0 Å². The van der Waals surface area contributed by atoms with Crippen molar-refractivity contribution in [1.82, 2.24) is 15.4 Å². The Bertz CT molecular complexity index is 333. The van der Waals surface area contributed by atoms with Gasteiger partial charge in [-0.25, -0.2) is 0 Å². The third-order valence-electron chi connectivity index (χ3n) is 3.09. The molecule has 1 aliphatic rings. The summed E-state index contributed by atoms with van der Waals surface area (Å²) < 4.78 is 5.34. The highest BCUT2D eigenvalue weighted by molar-refractivity contribution is 5.14. The molecule has 1 heterocycles. The Morgan fingerprint density at radius 3 is 3.00 bits per heavy atom. The SMILES string of the molecule is CCCNCCN(C)Cc1cc(C2CC2)on1. The van der Waals surface area contributed by atoms with Crippen molar-refractivity contribution in [2.24, 2.45) is 0 Å². The predicted molar refractivity (Wildman–Crippen MR) is 68.0 cm³/mol. The van der Waals surface area contributed by atoms with Crippen LogP contribution in [0.3, 0.4) is 0 Å². The Balaban J connectivity index is 1.67. The standard InChI is InChI=1S/C13H23N3O/c1-3-6-14-7-8-16(2)10-12-9-13(17-15-12)11-4-5-11/h9,11,14H,3-8,10H2,1-2H3. The van der Waals surface area contributed by atoms with Gasteiger partial charge in [-0.1, -0.05) is 12.1 Å². The number of nitrogens with one attached hydrogen (secondary N) is 1. The van der Waals surface area contributed by atoms with Crippen LogP contribution in [-0.4, -0.2) is 36.7 Å². The Kier molecular flexibility index (Phi) is 4.57. The molecule has 1 aromatic rings. The van der Waals surface area contributed by atoms with Crippen molar-refractivity contribution in [2.75, 3.05) is 26.7 Å². The van der Waals surface area contributed by atoms with Crippen molar-refractivity contribution >= 4 is 0 Å². The first-order valence-electron chi connectivity index (χ1n) is 6.64. The fourth-order valence-electron chi connectivity index (χ4n) is 1.89. The zero-order valence-electron chi connectivity index (χ0n) is 10.9. The van der Waals surface area contributed by atoms with Gasteiger partial charge in [-0.2, -0.15) is 0 Å². The molecular formula is C13H23N3O. The fraction of sp³-hybridized carbons (Fsp3) is 0.769.